The van der Waals surface area contributed by atoms with Gasteiger partial charge in [-0.1, -0.05) is 11.6 Å². The summed E-state index contributed by atoms with van der Waals surface area (Å²) >= 11 is 0. The number of aromatic nitrogens is 2. The van der Waals surface area contributed by atoms with Crippen molar-refractivity contribution in [1.82, 2.24) is 15.5 Å². The summed E-state index contributed by atoms with van der Waals surface area (Å²) in [5.74, 6) is 0.438. The fraction of sp³-hybridized carbons (Fsp3) is 0.778. The van der Waals surface area contributed by atoms with Crippen LogP contribution in [0.3, 0.4) is 0 Å². The molecule has 96 valence electrons. The minimum absolute atomic E-state index is 0.00488. The van der Waals surface area contributed by atoms with Crippen LogP contribution in [0.4, 0.5) is 6.01 Å². The molecular weight excluding hydrogens is 244 g/mol. The van der Waals surface area contributed by atoms with Gasteiger partial charge in [0.2, 0.25) is 10.0 Å². The number of piperidine rings is 1. The molecule has 0 amide bonds. The summed E-state index contributed by atoms with van der Waals surface area (Å²) < 4.78 is 30.6. The molecule has 17 heavy (non-hydrogen) atoms. The number of sulfonamides is 1. The van der Waals surface area contributed by atoms with Crippen LogP contribution in [0.5, 0.6) is 0 Å². The van der Waals surface area contributed by atoms with Crippen molar-refractivity contribution in [1.29, 1.82) is 0 Å². The van der Waals surface area contributed by atoms with Crippen LogP contribution in [0, 0.1) is 6.92 Å². The van der Waals surface area contributed by atoms with Crippen molar-refractivity contribution in [3.05, 3.63) is 5.82 Å². The van der Waals surface area contributed by atoms with Gasteiger partial charge < -0.3 is 9.84 Å². The molecule has 0 aromatic carbocycles. The topological polar surface area (TPSA) is 97.1 Å². The van der Waals surface area contributed by atoms with E-state index in [2.05, 4.69) is 20.2 Å². The van der Waals surface area contributed by atoms with Crippen LogP contribution in [-0.2, 0) is 10.0 Å². The Balaban J connectivity index is 1.94. The molecule has 2 rings (SSSR count). The van der Waals surface area contributed by atoms with Crippen molar-refractivity contribution in [3.63, 3.8) is 0 Å². The number of rotatable bonds is 4. The Morgan fingerprint density at radius 1 is 1.53 bits per heavy atom. The van der Waals surface area contributed by atoms with Crippen molar-refractivity contribution in [2.45, 2.75) is 32.2 Å². The van der Waals surface area contributed by atoms with Gasteiger partial charge in [0.1, 0.15) is 0 Å². The van der Waals surface area contributed by atoms with Crippen LogP contribution in [0.25, 0.3) is 0 Å². The molecule has 0 radical (unpaired) electrons. The zero-order valence-electron chi connectivity index (χ0n) is 9.64. The van der Waals surface area contributed by atoms with Gasteiger partial charge >= 0.3 is 6.01 Å². The summed E-state index contributed by atoms with van der Waals surface area (Å²) in [6.07, 6.45) is 3.05. The van der Waals surface area contributed by atoms with Gasteiger partial charge in [-0.3, -0.25) is 0 Å². The van der Waals surface area contributed by atoms with Crippen LogP contribution in [-0.4, -0.2) is 36.9 Å². The molecule has 8 heteroatoms. The van der Waals surface area contributed by atoms with Gasteiger partial charge in [-0.25, -0.2) is 13.1 Å². The molecule has 1 aromatic rings. The zero-order chi connectivity index (χ0) is 12.3. The van der Waals surface area contributed by atoms with E-state index in [-0.39, 0.29) is 17.8 Å². The highest BCUT2D eigenvalue weighted by Gasteiger charge is 2.22. The van der Waals surface area contributed by atoms with Gasteiger partial charge in [0.05, 0.1) is 5.75 Å². The van der Waals surface area contributed by atoms with Crippen molar-refractivity contribution < 1.29 is 12.9 Å². The lowest BCUT2D eigenvalue weighted by Gasteiger charge is -2.22. The molecule has 1 aliphatic heterocycles. The SMILES string of the molecule is Cc1noc(NS(=O)(=O)CC2CCCCN2)n1. The van der Waals surface area contributed by atoms with E-state index in [0.29, 0.717) is 5.82 Å². The normalized spacial score (nSPS) is 21.4. The summed E-state index contributed by atoms with van der Waals surface area (Å²) in [4.78, 5) is 3.80. The number of hydrogen-bond donors (Lipinski definition) is 2. The molecular formula is C9H16N4O3S. The Bertz CT molecular complexity index is 464. The predicted octanol–water partition coefficient (Wildman–Crippen LogP) is 0.262. The number of aryl methyl sites for hydroxylation is 1. The first-order valence-corrected chi connectivity index (χ1v) is 7.24. The summed E-state index contributed by atoms with van der Waals surface area (Å²) in [7, 11) is -3.43. The highest BCUT2D eigenvalue weighted by molar-refractivity contribution is 7.92. The number of nitrogens with one attached hydrogen (secondary N) is 2. The Morgan fingerprint density at radius 3 is 2.94 bits per heavy atom. The van der Waals surface area contributed by atoms with E-state index in [1.54, 1.807) is 6.92 Å². The second-order valence-corrected chi connectivity index (χ2v) is 5.94. The Hall–Kier alpha value is -1.15. The van der Waals surface area contributed by atoms with Gasteiger partial charge in [0, 0.05) is 6.04 Å². The molecule has 1 aromatic heterocycles. The fourth-order valence-corrected chi connectivity index (χ4v) is 3.09. The number of anilines is 1. The van der Waals surface area contributed by atoms with Crippen LogP contribution in [0.15, 0.2) is 4.52 Å². The number of hydrogen-bond acceptors (Lipinski definition) is 6. The average Bonchev–Trinajstić information content (AvgIpc) is 2.63. The monoisotopic (exact) mass is 260 g/mol. The van der Waals surface area contributed by atoms with Crippen LogP contribution >= 0.6 is 0 Å². The largest absolute Gasteiger partial charge is 0.335 e. The third-order valence-electron chi connectivity index (χ3n) is 2.60. The second-order valence-electron chi connectivity index (χ2n) is 4.18. The first kappa shape index (κ1) is 12.3. The maximum atomic E-state index is 11.8. The lowest BCUT2D eigenvalue weighted by molar-refractivity contribution is 0.421. The van der Waals surface area contributed by atoms with Crippen molar-refractivity contribution in [2.24, 2.45) is 0 Å². The molecule has 2 N–H and O–H groups in total. The summed E-state index contributed by atoms with van der Waals surface area (Å²) in [5.41, 5.74) is 0. The standard InChI is InChI=1S/C9H16N4O3S/c1-7-11-9(16-12-7)13-17(14,15)6-8-4-2-3-5-10-8/h8,10H,2-6H2,1H3,(H,11,12,13). The van der Waals surface area contributed by atoms with E-state index in [1.807, 2.05) is 0 Å². The van der Waals surface area contributed by atoms with E-state index >= 15 is 0 Å². The van der Waals surface area contributed by atoms with Crippen molar-refractivity contribution in [3.8, 4) is 0 Å². The van der Waals surface area contributed by atoms with Crippen LogP contribution < -0.4 is 10.0 Å². The molecule has 1 atom stereocenters. The van der Waals surface area contributed by atoms with Crippen molar-refractivity contribution >= 4 is 16.0 Å². The van der Waals surface area contributed by atoms with Gasteiger partial charge in [-0.15, -0.1) is 0 Å². The first-order valence-electron chi connectivity index (χ1n) is 5.59. The van der Waals surface area contributed by atoms with Gasteiger partial charge in [-0.05, 0) is 26.3 Å². The molecule has 0 spiro atoms. The van der Waals surface area contributed by atoms with Gasteiger partial charge in [-0.2, -0.15) is 4.98 Å². The quantitative estimate of drug-likeness (QED) is 0.806. The van der Waals surface area contributed by atoms with E-state index in [0.717, 1.165) is 25.8 Å². The molecule has 1 saturated heterocycles. The Kier molecular flexibility index (Phi) is 3.63. The predicted molar refractivity (Wildman–Crippen MR) is 62.1 cm³/mol. The maximum absolute atomic E-state index is 11.8. The lowest BCUT2D eigenvalue weighted by Crippen LogP contribution is -2.40. The van der Waals surface area contributed by atoms with Crippen molar-refractivity contribution in [2.75, 3.05) is 17.0 Å². The lowest BCUT2D eigenvalue weighted by atomic mass is 10.1. The fourth-order valence-electron chi connectivity index (χ4n) is 1.84. The minimum atomic E-state index is -3.43. The van der Waals surface area contributed by atoms with Crippen LogP contribution in [0.2, 0.25) is 0 Å². The average molecular weight is 260 g/mol. The molecule has 1 unspecified atom stereocenters. The van der Waals surface area contributed by atoms with E-state index in [9.17, 15) is 8.42 Å². The number of nitrogens with zero attached hydrogens (tertiary/aromatic N) is 2. The molecule has 7 nitrogen and oxygen atoms in total. The molecule has 0 bridgehead atoms. The van der Waals surface area contributed by atoms with E-state index in [1.165, 1.54) is 0 Å². The highest BCUT2D eigenvalue weighted by Crippen LogP contribution is 2.11. The smallest absolute Gasteiger partial charge is 0.314 e. The van der Waals surface area contributed by atoms with Gasteiger partial charge in [0.15, 0.2) is 5.82 Å². The Labute approximate surface area is 100 Å². The van der Waals surface area contributed by atoms with E-state index in [4.69, 9.17) is 4.52 Å². The summed E-state index contributed by atoms with van der Waals surface area (Å²) in [5, 5.41) is 6.70. The third kappa shape index (κ3) is 3.67. The minimum Gasteiger partial charge on any atom is -0.314 e. The maximum Gasteiger partial charge on any atom is 0.335 e. The zero-order valence-corrected chi connectivity index (χ0v) is 10.5. The molecule has 0 aliphatic carbocycles. The first-order chi connectivity index (χ1) is 8.05. The van der Waals surface area contributed by atoms with Gasteiger partial charge in [0.25, 0.3) is 0 Å². The summed E-state index contributed by atoms with van der Waals surface area (Å²) in [6.45, 7) is 2.50. The molecule has 2 heterocycles. The third-order valence-corrected chi connectivity index (χ3v) is 3.93. The molecule has 1 aliphatic rings. The molecule has 0 saturated carbocycles. The highest BCUT2D eigenvalue weighted by atomic mass is 32.2. The second kappa shape index (κ2) is 5.01. The van der Waals surface area contributed by atoms with E-state index < -0.39 is 10.0 Å². The molecule has 1 fully saturated rings. The van der Waals surface area contributed by atoms with Crippen LogP contribution in [0.1, 0.15) is 25.1 Å². The Morgan fingerprint density at radius 2 is 2.35 bits per heavy atom. The summed E-state index contributed by atoms with van der Waals surface area (Å²) in [6, 6.07) is -0.0661.